The molecule has 0 radical (unpaired) electrons. The topological polar surface area (TPSA) is 77.8 Å². The van der Waals surface area contributed by atoms with Crippen molar-refractivity contribution in [1.82, 2.24) is 0 Å². The van der Waals surface area contributed by atoms with Crippen molar-refractivity contribution in [3.8, 4) is 33.8 Å². The van der Waals surface area contributed by atoms with Crippen molar-refractivity contribution in [2.24, 2.45) is 0 Å². The zero-order chi connectivity index (χ0) is 16.4. The van der Waals surface area contributed by atoms with Crippen LogP contribution in [0.5, 0.6) is 11.5 Å². The van der Waals surface area contributed by atoms with Crippen LogP contribution in [0.4, 0.5) is 0 Å². The van der Waals surface area contributed by atoms with Gasteiger partial charge in [0, 0.05) is 11.1 Å². The van der Waals surface area contributed by atoms with Crippen LogP contribution < -0.4 is 0 Å². The summed E-state index contributed by atoms with van der Waals surface area (Å²) in [5.74, 6) is -1.06. The molecule has 3 N–H and O–H groups in total. The van der Waals surface area contributed by atoms with Gasteiger partial charge in [-0.25, -0.2) is 4.79 Å². The monoisotopic (exact) mass is 306 g/mol. The van der Waals surface area contributed by atoms with Crippen molar-refractivity contribution in [1.29, 1.82) is 0 Å². The quantitative estimate of drug-likeness (QED) is 0.680. The van der Waals surface area contributed by atoms with Gasteiger partial charge in [0.1, 0.15) is 11.5 Å². The van der Waals surface area contributed by atoms with Crippen molar-refractivity contribution < 1.29 is 20.1 Å². The molecule has 4 heteroatoms. The molecule has 114 valence electrons. The average molecular weight is 306 g/mol. The average Bonchev–Trinajstić information content (AvgIpc) is 2.55. The minimum absolute atomic E-state index is 0.0167. The van der Waals surface area contributed by atoms with E-state index in [4.69, 9.17) is 0 Å². The number of carboxylic acids is 1. The number of benzene rings is 3. The van der Waals surface area contributed by atoms with E-state index in [1.807, 2.05) is 0 Å². The van der Waals surface area contributed by atoms with E-state index >= 15 is 0 Å². The zero-order valence-electron chi connectivity index (χ0n) is 12.1. The lowest BCUT2D eigenvalue weighted by molar-refractivity contribution is 0.0697. The molecular weight excluding hydrogens is 292 g/mol. The molecule has 4 nitrogen and oxygen atoms in total. The zero-order valence-corrected chi connectivity index (χ0v) is 12.1. The predicted molar refractivity (Wildman–Crippen MR) is 87.6 cm³/mol. The summed E-state index contributed by atoms with van der Waals surface area (Å²) in [5.41, 5.74) is 2.01. The largest absolute Gasteiger partial charge is 0.507 e. The number of hydrogen-bond acceptors (Lipinski definition) is 3. The Balaban J connectivity index is 2.34. The van der Waals surface area contributed by atoms with Crippen LogP contribution >= 0.6 is 0 Å². The minimum Gasteiger partial charge on any atom is -0.507 e. The van der Waals surface area contributed by atoms with E-state index in [1.165, 1.54) is 18.2 Å². The molecule has 0 aliphatic rings. The SMILES string of the molecule is O=C(O)c1ccccc1-c1cccc(O)c1-c1ccccc1O. The fraction of sp³-hybridized carbons (Fsp3) is 0. The third-order valence-electron chi connectivity index (χ3n) is 3.66. The van der Waals surface area contributed by atoms with Crippen LogP contribution in [0.25, 0.3) is 22.3 Å². The normalized spacial score (nSPS) is 10.4. The number of phenolic OH excluding ortho intramolecular Hbond substituents is 2. The highest BCUT2D eigenvalue weighted by Crippen LogP contribution is 2.42. The van der Waals surface area contributed by atoms with Crippen LogP contribution in [0.15, 0.2) is 66.7 Å². The van der Waals surface area contributed by atoms with Crippen LogP contribution in [-0.2, 0) is 0 Å². The molecule has 3 aromatic rings. The van der Waals surface area contributed by atoms with Crippen molar-refractivity contribution in [2.75, 3.05) is 0 Å². The molecule has 0 aromatic heterocycles. The number of hydrogen-bond donors (Lipinski definition) is 3. The van der Waals surface area contributed by atoms with Gasteiger partial charge in [0.25, 0.3) is 0 Å². The highest BCUT2D eigenvalue weighted by atomic mass is 16.4. The van der Waals surface area contributed by atoms with Crippen LogP contribution in [0, 0.1) is 0 Å². The van der Waals surface area contributed by atoms with Gasteiger partial charge in [0.05, 0.1) is 5.56 Å². The molecule has 0 amide bonds. The fourth-order valence-electron chi connectivity index (χ4n) is 2.64. The van der Waals surface area contributed by atoms with Gasteiger partial charge in [-0.15, -0.1) is 0 Å². The fourth-order valence-corrected chi connectivity index (χ4v) is 2.64. The van der Waals surface area contributed by atoms with E-state index in [2.05, 4.69) is 0 Å². The second-order valence-corrected chi connectivity index (χ2v) is 5.07. The second-order valence-electron chi connectivity index (χ2n) is 5.07. The second kappa shape index (κ2) is 5.85. The van der Waals surface area contributed by atoms with Crippen molar-refractivity contribution in [3.05, 3.63) is 72.3 Å². The Morgan fingerprint density at radius 2 is 1.22 bits per heavy atom. The van der Waals surface area contributed by atoms with E-state index in [1.54, 1.807) is 48.5 Å². The van der Waals surface area contributed by atoms with E-state index < -0.39 is 5.97 Å². The Labute approximate surface area is 132 Å². The Bertz CT molecular complexity index is 884. The van der Waals surface area contributed by atoms with Crippen molar-refractivity contribution in [2.45, 2.75) is 0 Å². The first-order chi connectivity index (χ1) is 11.1. The van der Waals surface area contributed by atoms with Gasteiger partial charge in [0.15, 0.2) is 0 Å². The molecule has 0 fully saturated rings. The van der Waals surface area contributed by atoms with Crippen molar-refractivity contribution in [3.63, 3.8) is 0 Å². The Hall–Kier alpha value is -3.27. The summed E-state index contributed by atoms with van der Waals surface area (Å²) in [6.45, 7) is 0. The van der Waals surface area contributed by atoms with E-state index in [9.17, 15) is 20.1 Å². The molecule has 0 saturated carbocycles. The molecule has 0 atom stereocenters. The summed E-state index contributed by atoms with van der Waals surface area (Å²) in [6.07, 6.45) is 0. The Kier molecular flexibility index (Phi) is 3.73. The lowest BCUT2D eigenvalue weighted by Crippen LogP contribution is -2.00. The summed E-state index contributed by atoms with van der Waals surface area (Å²) in [4.78, 5) is 11.5. The standard InChI is InChI=1S/C19H14O4/c20-16-10-4-3-8-15(16)18-13(9-5-11-17(18)21)12-6-1-2-7-14(12)19(22)23/h1-11,20-21H,(H,22,23). The summed E-state index contributed by atoms with van der Waals surface area (Å²) in [5, 5.41) is 29.8. The lowest BCUT2D eigenvalue weighted by Gasteiger charge is -2.15. The molecule has 0 bridgehead atoms. The number of phenols is 2. The molecule has 0 aliphatic carbocycles. The van der Waals surface area contributed by atoms with Gasteiger partial charge in [-0.3, -0.25) is 0 Å². The van der Waals surface area contributed by atoms with Crippen molar-refractivity contribution >= 4 is 5.97 Å². The van der Waals surface area contributed by atoms with Gasteiger partial charge in [-0.2, -0.15) is 0 Å². The number of carboxylic acid groups (broad SMARTS) is 1. The third kappa shape index (κ3) is 2.62. The summed E-state index contributed by atoms with van der Waals surface area (Å²) >= 11 is 0. The van der Waals surface area contributed by atoms with Gasteiger partial charge in [-0.05, 0) is 29.3 Å². The molecule has 0 spiro atoms. The highest BCUT2D eigenvalue weighted by Gasteiger charge is 2.18. The van der Waals surface area contributed by atoms with Crippen LogP contribution in [0.3, 0.4) is 0 Å². The number of aromatic carboxylic acids is 1. The maximum absolute atomic E-state index is 11.5. The molecule has 0 saturated heterocycles. The maximum Gasteiger partial charge on any atom is 0.336 e. The number of carbonyl (C=O) groups is 1. The predicted octanol–water partition coefficient (Wildman–Crippen LogP) is 4.13. The van der Waals surface area contributed by atoms with Gasteiger partial charge < -0.3 is 15.3 Å². The lowest BCUT2D eigenvalue weighted by atomic mass is 9.91. The molecule has 23 heavy (non-hydrogen) atoms. The Morgan fingerprint density at radius 3 is 1.91 bits per heavy atom. The molecule has 3 rings (SSSR count). The first-order valence-electron chi connectivity index (χ1n) is 7.02. The first-order valence-corrected chi connectivity index (χ1v) is 7.02. The molecular formula is C19H14O4. The number of para-hydroxylation sites is 1. The van der Waals surface area contributed by atoms with E-state index in [0.29, 0.717) is 22.3 Å². The van der Waals surface area contributed by atoms with E-state index in [-0.39, 0.29) is 17.1 Å². The van der Waals surface area contributed by atoms with Gasteiger partial charge >= 0.3 is 5.97 Å². The molecule has 0 aliphatic heterocycles. The third-order valence-corrected chi connectivity index (χ3v) is 3.66. The Morgan fingerprint density at radius 1 is 0.652 bits per heavy atom. The van der Waals surface area contributed by atoms with Gasteiger partial charge in [0.2, 0.25) is 0 Å². The number of aromatic hydroxyl groups is 2. The van der Waals surface area contributed by atoms with Gasteiger partial charge in [-0.1, -0.05) is 48.5 Å². The molecule has 0 heterocycles. The summed E-state index contributed by atoms with van der Waals surface area (Å²) in [7, 11) is 0. The smallest absolute Gasteiger partial charge is 0.336 e. The maximum atomic E-state index is 11.5. The first kappa shape index (κ1) is 14.7. The van der Waals surface area contributed by atoms with E-state index in [0.717, 1.165) is 0 Å². The molecule has 0 unspecified atom stereocenters. The van der Waals surface area contributed by atoms with Crippen LogP contribution in [-0.4, -0.2) is 21.3 Å². The molecule has 3 aromatic carbocycles. The highest BCUT2D eigenvalue weighted by molar-refractivity contribution is 6.00. The van der Waals surface area contributed by atoms with Crippen LogP contribution in [0.2, 0.25) is 0 Å². The minimum atomic E-state index is -1.05. The van der Waals surface area contributed by atoms with Crippen LogP contribution in [0.1, 0.15) is 10.4 Å². The summed E-state index contributed by atoms with van der Waals surface area (Å²) in [6, 6.07) is 18.1. The summed E-state index contributed by atoms with van der Waals surface area (Å²) < 4.78 is 0. The number of rotatable bonds is 3.